The summed E-state index contributed by atoms with van der Waals surface area (Å²) < 4.78 is 90.2. The van der Waals surface area contributed by atoms with Gasteiger partial charge in [0.2, 0.25) is 0 Å². The van der Waals surface area contributed by atoms with Gasteiger partial charge in [0.05, 0.1) is 24.3 Å². The molecule has 46 heavy (non-hydrogen) atoms. The Hall–Kier alpha value is -4.22. The second kappa shape index (κ2) is 15.4. The number of methoxy groups -OCH3 is 1. The number of halogens is 7. The van der Waals surface area contributed by atoms with Gasteiger partial charge < -0.3 is 14.8 Å². The van der Waals surface area contributed by atoms with E-state index in [1.165, 1.54) is 31.4 Å². The fourth-order valence-electron chi connectivity index (χ4n) is 4.97. The molecule has 1 amide bonds. The molecule has 0 heterocycles. The van der Waals surface area contributed by atoms with Crippen LogP contribution < -0.4 is 14.8 Å². The molecule has 4 aromatic rings. The topological polar surface area (TPSA) is 50.8 Å². The third kappa shape index (κ3) is 9.40. The van der Waals surface area contributed by atoms with Crippen molar-refractivity contribution in [2.24, 2.45) is 0 Å². The Labute approximate surface area is 267 Å². The number of alkyl halides is 6. The molecular weight excluding hydrogens is 634 g/mol. The Morgan fingerprint density at radius 2 is 1.48 bits per heavy atom. The van der Waals surface area contributed by atoms with Gasteiger partial charge in [0, 0.05) is 37.3 Å². The van der Waals surface area contributed by atoms with E-state index in [1.807, 2.05) is 65.6 Å². The van der Waals surface area contributed by atoms with Crippen molar-refractivity contribution in [3.63, 3.8) is 0 Å². The van der Waals surface area contributed by atoms with Gasteiger partial charge >= 0.3 is 18.3 Å². The van der Waals surface area contributed by atoms with Crippen LogP contribution in [0.2, 0.25) is 5.02 Å². The predicted molar refractivity (Wildman–Crippen MR) is 164 cm³/mol. The molecule has 0 fully saturated rings. The zero-order valence-electron chi connectivity index (χ0n) is 24.7. The summed E-state index contributed by atoms with van der Waals surface area (Å²) in [6, 6.07) is 27.2. The third-order valence-electron chi connectivity index (χ3n) is 7.18. The Bertz CT molecular complexity index is 1540. The van der Waals surface area contributed by atoms with E-state index in [9.17, 15) is 31.1 Å². The molecule has 4 aromatic carbocycles. The number of hydrogen-bond acceptors (Lipinski definition) is 4. The van der Waals surface area contributed by atoms with Gasteiger partial charge in [-0.25, -0.2) is 0 Å². The number of ether oxygens (including phenoxy) is 2. The van der Waals surface area contributed by atoms with Crippen molar-refractivity contribution in [1.29, 1.82) is 0 Å². The first-order valence-electron chi connectivity index (χ1n) is 14.2. The van der Waals surface area contributed by atoms with Crippen LogP contribution in [0, 0.1) is 0 Å². The van der Waals surface area contributed by atoms with Crippen LogP contribution in [0.3, 0.4) is 0 Å². The lowest BCUT2D eigenvalue weighted by Crippen LogP contribution is -2.31. The normalized spacial score (nSPS) is 12.0. The van der Waals surface area contributed by atoms with E-state index in [-0.39, 0.29) is 41.3 Å². The fraction of sp³-hybridized carbons (Fsp3) is 0.265. The molecule has 0 aliphatic carbocycles. The molecule has 0 bridgehead atoms. The lowest BCUT2D eigenvalue weighted by Gasteiger charge is -2.29. The van der Waals surface area contributed by atoms with E-state index in [1.54, 1.807) is 11.4 Å². The standard InChI is InChI=1S/C34H31ClF6N2O3/c1-45-29-17-16-26(42-32(44)34(39,40)41)20-30(29)46-19-9-18-43(21-25-14-8-15-28(31(25)35)33(36,37)38)22-27(23-10-4-2-5-11-23)24-12-6-3-7-13-24/h2-8,10-17,20,27H,9,18-19,21-22H2,1H3,(H,42,44). The molecule has 0 radical (unpaired) electrons. The summed E-state index contributed by atoms with van der Waals surface area (Å²) in [4.78, 5) is 13.4. The molecule has 0 saturated heterocycles. The maximum absolute atomic E-state index is 13.6. The van der Waals surface area contributed by atoms with Gasteiger partial charge in [0.1, 0.15) is 0 Å². The molecule has 0 aromatic heterocycles. The van der Waals surface area contributed by atoms with Crippen LogP contribution in [-0.2, 0) is 17.5 Å². The monoisotopic (exact) mass is 664 g/mol. The molecule has 0 aliphatic rings. The van der Waals surface area contributed by atoms with Crippen molar-refractivity contribution in [3.05, 3.63) is 124 Å². The number of carbonyl (C=O) groups excluding carboxylic acids is 1. The summed E-state index contributed by atoms with van der Waals surface area (Å²) in [5.74, 6) is -1.90. The molecule has 4 rings (SSSR count). The van der Waals surface area contributed by atoms with E-state index in [4.69, 9.17) is 21.1 Å². The lowest BCUT2D eigenvalue weighted by atomic mass is 9.90. The first-order chi connectivity index (χ1) is 21.9. The van der Waals surface area contributed by atoms with Gasteiger partial charge in [-0.15, -0.1) is 0 Å². The highest BCUT2D eigenvalue weighted by molar-refractivity contribution is 6.32. The minimum atomic E-state index is -5.07. The second-order valence-corrected chi connectivity index (χ2v) is 10.8. The summed E-state index contributed by atoms with van der Waals surface area (Å²) in [5.41, 5.74) is 1.31. The summed E-state index contributed by atoms with van der Waals surface area (Å²) in [5, 5.41) is 1.42. The summed E-state index contributed by atoms with van der Waals surface area (Å²) >= 11 is 6.28. The minimum absolute atomic E-state index is 0.0845. The zero-order valence-corrected chi connectivity index (χ0v) is 25.4. The highest BCUT2D eigenvalue weighted by Crippen LogP contribution is 2.37. The molecule has 1 N–H and O–H groups in total. The fourth-order valence-corrected chi connectivity index (χ4v) is 5.26. The maximum Gasteiger partial charge on any atom is 0.471 e. The number of benzene rings is 4. The van der Waals surface area contributed by atoms with Gasteiger partial charge in [-0.2, -0.15) is 26.3 Å². The molecule has 0 saturated carbocycles. The summed E-state index contributed by atoms with van der Waals surface area (Å²) in [7, 11) is 1.37. The van der Waals surface area contributed by atoms with Crippen LogP contribution in [-0.4, -0.2) is 43.8 Å². The molecular formula is C34H31ClF6N2O3. The van der Waals surface area contributed by atoms with E-state index in [0.29, 0.717) is 25.1 Å². The molecule has 0 atom stereocenters. The van der Waals surface area contributed by atoms with Crippen LogP contribution in [0.1, 0.15) is 34.6 Å². The average Bonchev–Trinajstić information content (AvgIpc) is 3.02. The molecule has 244 valence electrons. The number of rotatable bonds is 13. The number of nitrogens with zero attached hydrogens (tertiary/aromatic N) is 1. The molecule has 0 aliphatic heterocycles. The number of carbonyl (C=O) groups is 1. The smallest absolute Gasteiger partial charge is 0.471 e. The minimum Gasteiger partial charge on any atom is -0.493 e. The van der Waals surface area contributed by atoms with Gasteiger partial charge in [0.15, 0.2) is 11.5 Å². The van der Waals surface area contributed by atoms with E-state index >= 15 is 0 Å². The van der Waals surface area contributed by atoms with Gasteiger partial charge in [-0.1, -0.05) is 84.4 Å². The van der Waals surface area contributed by atoms with Crippen LogP contribution in [0.4, 0.5) is 32.0 Å². The van der Waals surface area contributed by atoms with E-state index in [2.05, 4.69) is 0 Å². The number of anilines is 1. The van der Waals surface area contributed by atoms with Crippen LogP contribution in [0.5, 0.6) is 11.5 Å². The molecule has 0 unspecified atom stereocenters. The molecule has 5 nitrogen and oxygen atoms in total. The van der Waals surface area contributed by atoms with Crippen molar-refractivity contribution in [1.82, 2.24) is 4.90 Å². The Kier molecular flexibility index (Phi) is 11.6. The predicted octanol–water partition coefficient (Wildman–Crippen LogP) is 8.97. The van der Waals surface area contributed by atoms with Gasteiger partial charge in [-0.05, 0) is 41.3 Å². The van der Waals surface area contributed by atoms with Gasteiger partial charge in [0.25, 0.3) is 0 Å². The second-order valence-electron chi connectivity index (χ2n) is 10.4. The van der Waals surface area contributed by atoms with E-state index < -0.39 is 23.8 Å². The highest BCUT2D eigenvalue weighted by atomic mass is 35.5. The van der Waals surface area contributed by atoms with Crippen LogP contribution in [0.25, 0.3) is 0 Å². The van der Waals surface area contributed by atoms with E-state index in [0.717, 1.165) is 17.2 Å². The molecule has 12 heteroatoms. The SMILES string of the molecule is COc1ccc(NC(=O)C(F)(F)F)cc1OCCCN(Cc1cccc(C(F)(F)F)c1Cl)CC(c1ccccc1)c1ccccc1. The molecule has 0 spiro atoms. The van der Waals surface area contributed by atoms with Crippen molar-refractivity contribution < 1.29 is 40.6 Å². The van der Waals surface area contributed by atoms with Crippen molar-refractivity contribution in [3.8, 4) is 11.5 Å². The first kappa shape index (κ1) is 34.6. The summed E-state index contributed by atoms with van der Waals surface area (Å²) in [6.07, 6.45) is -9.30. The third-order valence-corrected chi connectivity index (χ3v) is 7.62. The first-order valence-corrected chi connectivity index (χ1v) is 14.6. The maximum atomic E-state index is 13.6. The van der Waals surface area contributed by atoms with Crippen molar-refractivity contribution in [2.45, 2.75) is 31.2 Å². The van der Waals surface area contributed by atoms with Gasteiger partial charge in [-0.3, -0.25) is 9.69 Å². The number of nitrogens with one attached hydrogen (secondary N) is 1. The highest BCUT2D eigenvalue weighted by Gasteiger charge is 2.39. The quantitative estimate of drug-likeness (QED) is 0.115. The Balaban J connectivity index is 1.56. The Morgan fingerprint density at radius 3 is 2.04 bits per heavy atom. The number of amides is 1. The van der Waals surface area contributed by atoms with Crippen molar-refractivity contribution >= 4 is 23.2 Å². The van der Waals surface area contributed by atoms with Crippen LogP contribution >= 0.6 is 11.6 Å². The van der Waals surface area contributed by atoms with Crippen LogP contribution in [0.15, 0.2) is 97.1 Å². The largest absolute Gasteiger partial charge is 0.493 e. The zero-order chi connectivity index (χ0) is 33.3. The average molecular weight is 665 g/mol. The number of hydrogen-bond donors (Lipinski definition) is 1. The summed E-state index contributed by atoms with van der Waals surface area (Å²) in [6.45, 7) is 1.00. The van der Waals surface area contributed by atoms with Crippen molar-refractivity contribution in [2.75, 3.05) is 32.1 Å². The Morgan fingerprint density at radius 1 is 0.848 bits per heavy atom. The lowest BCUT2D eigenvalue weighted by molar-refractivity contribution is -0.167.